The molecule has 0 aromatic rings. The Kier molecular flexibility index (Phi) is 10.7. The highest BCUT2D eigenvalue weighted by molar-refractivity contribution is 5.00. The molecule has 1 aliphatic heterocycles. The van der Waals surface area contributed by atoms with Gasteiger partial charge in [0.1, 0.15) is 0 Å². The van der Waals surface area contributed by atoms with Crippen LogP contribution in [0.3, 0.4) is 0 Å². The molecule has 0 spiro atoms. The fourth-order valence-corrected chi connectivity index (χ4v) is 3.17. The fraction of sp³-hybridized carbons (Fsp3) is 1.00. The predicted molar refractivity (Wildman–Crippen MR) is 92.2 cm³/mol. The van der Waals surface area contributed by atoms with Crippen molar-refractivity contribution in [3.05, 3.63) is 0 Å². The molecule has 30 heavy (non-hydrogen) atoms. The Balaban J connectivity index is 2.08. The molecule has 0 aliphatic carbocycles. The summed E-state index contributed by atoms with van der Waals surface area (Å²) >= 11 is 0. The van der Waals surface area contributed by atoms with Crippen molar-refractivity contribution in [2.45, 2.75) is 101 Å². The van der Waals surface area contributed by atoms with Gasteiger partial charge in [-0.3, -0.25) is 0 Å². The summed E-state index contributed by atoms with van der Waals surface area (Å²) in [6.07, 6.45) is -2.29. The number of halogens is 9. The van der Waals surface area contributed by atoms with Crippen molar-refractivity contribution in [1.29, 1.82) is 0 Å². The zero-order chi connectivity index (χ0) is 22.9. The largest absolute Gasteiger partial charge is 0.460 e. The van der Waals surface area contributed by atoms with Gasteiger partial charge in [0.2, 0.25) is 0 Å². The number of alkyl halides is 9. The molecule has 0 saturated carbocycles. The number of hydrogen-bond acceptors (Lipinski definition) is 2. The van der Waals surface area contributed by atoms with E-state index in [0.717, 1.165) is 45.1 Å². The Morgan fingerprint density at radius 2 is 1.23 bits per heavy atom. The van der Waals surface area contributed by atoms with Gasteiger partial charge in [-0.2, -0.15) is 39.5 Å². The highest BCUT2D eigenvalue weighted by Gasteiger charge is 2.81. The Bertz CT molecular complexity index is 475. The summed E-state index contributed by atoms with van der Waals surface area (Å²) in [5, 5.41) is 0. The number of unbranched alkanes of at least 4 members (excludes halogenated alkanes) is 7. The molecule has 0 bridgehead atoms. The van der Waals surface area contributed by atoms with Crippen molar-refractivity contribution in [1.82, 2.24) is 0 Å². The first-order chi connectivity index (χ1) is 13.8. The van der Waals surface area contributed by atoms with Gasteiger partial charge in [-0.05, 0) is 25.7 Å². The molecule has 0 aromatic heterocycles. The van der Waals surface area contributed by atoms with E-state index < -0.39 is 36.8 Å². The van der Waals surface area contributed by atoms with E-state index in [9.17, 15) is 39.5 Å². The summed E-state index contributed by atoms with van der Waals surface area (Å²) < 4.78 is 125. The maximum atomic E-state index is 13.4. The average Bonchev–Trinajstić information content (AvgIpc) is 3.14. The molecule has 1 atom stereocenters. The van der Waals surface area contributed by atoms with Crippen LogP contribution in [-0.2, 0) is 9.47 Å². The highest BCUT2D eigenvalue weighted by atomic mass is 19.4. The first-order valence-corrected chi connectivity index (χ1v) is 10.2. The predicted octanol–water partition coefficient (Wildman–Crippen LogP) is 7.16. The summed E-state index contributed by atoms with van der Waals surface area (Å²) in [6.45, 7) is 1.97. The van der Waals surface area contributed by atoms with Gasteiger partial charge in [0.05, 0.1) is 12.7 Å². The average molecular weight is 460 g/mol. The first kappa shape index (κ1) is 27.3. The van der Waals surface area contributed by atoms with Crippen molar-refractivity contribution < 1.29 is 49.0 Å². The summed E-state index contributed by atoms with van der Waals surface area (Å²) in [7, 11) is 0. The van der Waals surface area contributed by atoms with Crippen LogP contribution in [0.25, 0.3) is 0 Å². The molecular weight excluding hydrogens is 431 g/mol. The molecular formula is C19H29F9O2. The molecule has 1 saturated heterocycles. The van der Waals surface area contributed by atoms with Crippen molar-refractivity contribution >= 4 is 0 Å². The standard InChI is InChI=1S/C19H29F9O2/c20-16(21,17(22,23)18(24,25)19(26,27)28)11-7-5-3-1-2-4-6-8-12-29-14-15-10-9-13-30-15/h15H,1-14H2. The van der Waals surface area contributed by atoms with E-state index in [2.05, 4.69) is 0 Å². The zero-order valence-corrected chi connectivity index (χ0v) is 16.7. The molecule has 0 aromatic carbocycles. The van der Waals surface area contributed by atoms with Gasteiger partial charge in [0.15, 0.2) is 0 Å². The molecule has 1 heterocycles. The van der Waals surface area contributed by atoms with E-state index in [1.807, 2.05) is 0 Å². The minimum atomic E-state index is -6.79. The molecule has 0 amide bonds. The molecule has 0 radical (unpaired) electrons. The SMILES string of the molecule is FC(F)(F)C(F)(F)C(F)(F)C(F)(F)CCCCCCCCCCOCC1CCCO1. The van der Waals surface area contributed by atoms with Crippen LogP contribution < -0.4 is 0 Å². The molecule has 180 valence electrons. The molecule has 1 rings (SSSR count). The van der Waals surface area contributed by atoms with Crippen LogP contribution in [0, 0.1) is 0 Å². The number of ether oxygens (including phenoxy) is 2. The van der Waals surface area contributed by atoms with E-state index in [4.69, 9.17) is 9.47 Å². The second-order valence-corrected chi connectivity index (χ2v) is 7.64. The molecule has 2 nitrogen and oxygen atoms in total. The van der Waals surface area contributed by atoms with Gasteiger partial charge in [0.25, 0.3) is 0 Å². The summed E-state index contributed by atoms with van der Waals surface area (Å²) in [6, 6.07) is 0. The maximum Gasteiger partial charge on any atom is 0.460 e. The number of hydrogen-bond donors (Lipinski definition) is 0. The third-order valence-electron chi connectivity index (χ3n) is 5.07. The van der Waals surface area contributed by atoms with E-state index in [0.29, 0.717) is 26.1 Å². The van der Waals surface area contributed by atoms with Crippen LogP contribution in [0.5, 0.6) is 0 Å². The van der Waals surface area contributed by atoms with E-state index in [1.54, 1.807) is 0 Å². The minimum Gasteiger partial charge on any atom is -0.379 e. The highest BCUT2D eigenvalue weighted by Crippen LogP contribution is 2.54. The van der Waals surface area contributed by atoms with Crippen LogP contribution in [-0.4, -0.2) is 49.9 Å². The molecule has 1 unspecified atom stereocenters. The third kappa shape index (κ3) is 7.76. The normalized spacial score (nSPS) is 18.9. The van der Waals surface area contributed by atoms with Crippen molar-refractivity contribution in [3.63, 3.8) is 0 Å². The van der Waals surface area contributed by atoms with Crippen molar-refractivity contribution in [3.8, 4) is 0 Å². The van der Waals surface area contributed by atoms with Gasteiger partial charge >= 0.3 is 23.9 Å². The summed E-state index contributed by atoms with van der Waals surface area (Å²) in [5.41, 5.74) is 0. The van der Waals surface area contributed by atoms with Crippen molar-refractivity contribution in [2.24, 2.45) is 0 Å². The lowest BCUT2D eigenvalue weighted by Crippen LogP contribution is -2.60. The van der Waals surface area contributed by atoms with Crippen LogP contribution in [0.1, 0.15) is 70.6 Å². The van der Waals surface area contributed by atoms with Gasteiger partial charge in [-0.25, -0.2) is 0 Å². The Labute approximate surface area is 170 Å². The van der Waals surface area contributed by atoms with Crippen LogP contribution in [0.4, 0.5) is 39.5 Å². The molecule has 11 heteroatoms. The number of rotatable bonds is 15. The van der Waals surface area contributed by atoms with Gasteiger partial charge in [-0.15, -0.1) is 0 Å². The smallest absolute Gasteiger partial charge is 0.379 e. The van der Waals surface area contributed by atoms with Crippen LogP contribution in [0.2, 0.25) is 0 Å². The first-order valence-electron chi connectivity index (χ1n) is 10.2. The van der Waals surface area contributed by atoms with Gasteiger partial charge in [-0.1, -0.05) is 38.5 Å². The van der Waals surface area contributed by atoms with Crippen LogP contribution in [0.15, 0.2) is 0 Å². The zero-order valence-electron chi connectivity index (χ0n) is 16.7. The molecule has 1 aliphatic rings. The fourth-order valence-electron chi connectivity index (χ4n) is 3.17. The summed E-state index contributed by atoms with van der Waals surface area (Å²) in [5.74, 6) is -18.7. The monoisotopic (exact) mass is 460 g/mol. The molecule has 0 N–H and O–H groups in total. The van der Waals surface area contributed by atoms with E-state index >= 15 is 0 Å². The third-order valence-corrected chi connectivity index (χ3v) is 5.07. The molecule has 1 fully saturated rings. The van der Waals surface area contributed by atoms with Gasteiger partial charge < -0.3 is 9.47 Å². The van der Waals surface area contributed by atoms with Crippen molar-refractivity contribution in [2.75, 3.05) is 19.8 Å². The lowest BCUT2D eigenvalue weighted by atomic mass is 9.97. The quantitative estimate of drug-likeness (QED) is 0.191. The topological polar surface area (TPSA) is 18.5 Å². The maximum absolute atomic E-state index is 13.4. The second kappa shape index (κ2) is 11.8. The Morgan fingerprint density at radius 3 is 1.73 bits per heavy atom. The lowest BCUT2D eigenvalue weighted by molar-refractivity contribution is -0.396. The Morgan fingerprint density at radius 1 is 0.700 bits per heavy atom. The van der Waals surface area contributed by atoms with E-state index in [-0.39, 0.29) is 12.5 Å². The lowest BCUT2D eigenvalue weighted by Gasteiger charge is -2.33. The van der Waals surface area contributed by atoms with E-state index in [1.165, 1.54) is 0 Å². The summed E-state index contributed by atoms with van der Waals surface area (Å²) in [4.78, 5) is 0. The van der Waals surface area contributed by atoms with Crippen LogP contribution >= 0.6 is 0 Å². The minimum absolute atomic E-state index is 0.0494. The van der Waals surface area contributed by atoms with Gasteiger partial charge in [0, 0.05) is 19.6 Å². The second-order valence-electron chi connectivity index (χ2n) is 7.64. The Hall–Kier alpha value is -0.710.